The number of nitrogens with zero attached hydrogens (tertiary/aromatic N) is 2. The molecule has 0 aromatic heterocycles. The molecule has 11 nitrogen and oxygen atoms in total. The summed E-state index contributed by atoms with van der Waals surface area (Å²) in [6, 6.07) is 9.38. The van der Waals surface area contributed by atoms with Crippen LogP contribution in [0.15, 0.2) is 70.1 Å². The summed E-state index contributed by atoms with van der Waals surface area (Å²) in [4.78, 5) is 23.6. The molecule has 0 spiro atoms. The summed E-state index contributed by atoms with van der Waals surface area (Å²) in [6.45, 7) is 9.35. The maximum Gasteiger partial charge on any atom is 0.303 e. The molecule has 0 aliphatic carbocycles. The third-order valence-electron chi connectivity index (χ3n) is 10.5. The Balaban J connectivity index is 1.73. The van der Waals surface area contributed by atoms with Crippen molar-refractivity contribution in [2.75, 3.05) is 18.0 Å². The molecule has 1 unspecified atom stereocenters. The second-order valence-corrected chi connectivity index (χ2v) is 17.3. The van der Waals surface area contributed by atoms with Crippen LogP contribution in [-0.4, -0.2) is 66.7 Å². The first-order valence-corrected chi connectivity index (χ1v) is 21.1. The Kier molecular flexibility index (Phi) is 13.4. The van der Waals surface area contributed by atoms with Gasteiger partial charge in [-0.25, -0.2) is 0 Å². The van der Waals surface area contributed by atoms with Crippen LogP contribution in [-0.2, 0) is 40.7 Å². The van der Waals surface area contributed by atoms with Crippen LogP contribution in [0.3, 0.4) is 0 Å². The van der Waals surface area contributed by atoms with Gasteiger partial charge in [-0.3, -0.25) is 13.9 Å². The number of hydrogen-bond acceptors (Lipinski definition) is 7. The number of carboxylic acid groups (broad SMARTS) is 1. The maximum absolute atomic E-state index is 12.2. The molecule has 284 valence electrons. The minimum absolute atomic E-state index is 0.0893. The number of likely N-dealkylation sites (N-methyl/N-ethyl adjacent to an activating group) is 1. The first-order chi connectivity index (χ1) is 24.5. The number of aliphatic carboxylic acids is 1. The number of anilines is 1. The van der Waals surface area contributed by atoms with Crippen molar-refractivity contribution in [2.45, 2.75) is 125 Å². The zero-order chi connectivity index (χ0) is 38.3. The molecule has 0 bridgehead atoms. The van der Waals surface area contributed by atoms with E-state index < -0.39 is 37.0 Å². The van der Waals surface area contributed by atoms with Crippen molar-refractivity contribution in [1.82, 2.24) is 0 Å². The van der Waals surface area contributed by atoms with Gasteiger partial charge in [0, 0.05) is 60.3 Å². The number of hydrogen-bond donors (Lipinski definition) is 3. The fourth-order valence-electron chi connectivity index (χ4n) is 7.72. The third-order valence-corrected chi connectivity index (χ3v) is 12.2. The Bertz CT molecular complexity index is 1960. The number of benzene rings is 2. The Hall–Kier alpha value is -3.65. The number of rotatable bonds is 20. The van der Waals surface area contributed by atoms with Crippen molar-refractivity contribution < 1.29 is 45.2 Å². The average molecular weight is 758 g/mol. The molecule has 3 N–H and O–H groups in total. The molecule has 2 aromatic carbocycles. The lowest BCUT2D eigenvalue weighted by atomic mass is 9.77. The second-order valence-electron chi connectivity index (χ2n) is 14.5. The molecule has 52 heavy (non-hydrogen) atoms. The van der Waals surface area contributed by atoms with Gasteiger partial charge in [0.1, 0.15) is 12.8 Å². The van der Waals surface area contributed by atoms with Gasteiger partial charge in [-0.15, -0.1) is 0 Å². The van der Waals surface area contributed by atoms with Gasteiger partial charge in [0.2, 0.25) is 5.69 Å². The fourth-order valence-corrected chi connectivity index (χ4v) is 8.73. The van der Waals surface area contributed by atoms with Crippen LogP contribution in [0, 0.1) is 0 Å². The van der Waals surface area contributed by atoms with E-state index in [9.17, 15) is 35.5 Å². The van der Waals surface area contributed by atoms with Gasteiger partial charge in [-0.2, -0.15) is 21.4 Å². The topological polar surface area (TPSA) is 169 Å². The number of aldehydes is 1. The largest absolute Gasteiger partial charge is 0.481 e. The molecule has 0 radical (unpaired) electrons. The Labute approximate surface area is 308 Å². The highest BCUT2D eigenvalue weighted by Gasteiger charge is 2.46. The van der Waals surface area contributed by atoms with E-state index in [0.717, 1.165) is 85.1 Å². The van der Waals surface area contributed by atoms with Gasteiger partial charge < -0.3 is 14.8 Å². The number of carbonyl (C=O) groups is 2. The van der Waals surface area contributed by atoms with Crippen LogP contribution < -0.4 is 4.90 Å². The number of carboxylic acids is 1. The summed E-state index contributed by atoms with van der Waals surface area (Å²) < 4.78 is 70.5. The highest BCUT2D eigenvalue weighted by molar-refractivity contribution is 7.86. The first-order valence-electron chi connectivity index (χ1n) is 18.2. The minimum atomic E-state index is -4.43. The summed E-state index contributed by atoms with van der Waals surface area (Å²) in [5, 5.41) is 9.08. The monoisotopic (exact) mass is 757 g/mol. The number of allylic oxidation sites excluding steroid dienone is 4. The molecule has 2 aliphatic heterocycles. The molecule has 2 aliphatic rings. The summed E-state index contributed by atoms with van der Waals surface area (Å²) in [6.07, 6.45) is 16.2. The van der Waals surface area contributed by atoms with Crippen molar-refractivity contribution >= 4 is 49.6 Å². The molecule has 2 heterocycles. The van der Waals surface area contributed by atoms with Crippen molar-refractivity contribution in [2.24, 2.45) is 0 Å². The lowest BCUT2D eigenvalue weighted by Gasteiger charge is -2.30. The molecule has 1 atom stereocenters. The SMILES string of the molecule is CCN1C(=CC=CC2=[N+](CCCCCC(=O)O)c3ccc(S(=O)(=O)O)cc3C2(C)C)C(C)(CCCCCCCCC=O)c2cc(S(=O)(=O)O)ccc21. The fraction of sp³-hybridized carbons (Fsp3) is 0.513. The Morgan fingerprint density at radius 2 is 1.42 bits per heavy atom. The first kappa shape index (κ1) is 41.1. The molecule has 13 heteroatoms. The standard InChI is InChI=1S/C39H52N2O9S2/c1-5-40-34-23-21-30(52(48,49)50)28-32(34)39(4,24-13-9-7-6-8-10-15-26-42)36(40)18-16-17-35-38(2,3)31-27-29(51(45,46)47)20-22-33(31)41(35)25-14-11-12-19-37(43)44/h16-18,20-23,26-28H,5-15,19,24-25H2,1-4H3,(H2-,43,44,45,46,47,48,49,50)/p+1. The van der Waals surface area contributed by atoms with Crippen LogP contribution in [0.25, 0.3) is 0 Å². The maximum atomic E-state index is 12.2. The lowest BCUT2D eigenvalue weighted by molar-refractivity contribution is -0.438. The van der Waals surface area contributed by atoms with E-state index in [1.54, 1.807) is 18.2 Å². The van der Waals surface area contributed by atoms with E-state index in [0.29, 0.717) is 38.8 Å². The smallest absolute Gasteiger partial charge is 0.303 e. The number of unbranched alkanes of at least 4 members (excludes halogenated alkanes) is 8. The van der Waals surface area contributed by atoms with Crippen molar-refractivity contribution in [3.8, 4) is 0 Å². The molecular weight excluding hydrogens is 705 g/mol. The van der Waals surface area contributed by atoms with Crippen LogP contribution in [0.4, 0.5) is 11.4 Å². The second kappa shape index (κ2) is 17.0. The van der Waals surface area contributed by atoms with Crippen molar-refractivity contribution in [1.29, 1.82) is 0 Å². The summed E-state index contributed by atoms with van der Waals surface area (Å²) >= 11 is 0. The van der Waals surface area contributed by atoms with E-state index in [4.69, 9.17) is 5.11 Å². The van der Waals surface area contributed by atoms with Gasteiger partial charge in [0.25, 0.3) is 20.2 Å². The van der Waals surface area contributed by atoms with E-state index in [1.807, 2.05) is 32.9 Å². The lowest BCUT2D eigenvalue weighted by Crippen LogP contribution is -2.29. The number of carbonyl (C=O) groups excluding carboxylic acids is 1. The van der Waals surface area contributed by atoms with E-state index >= 15 is 0 Å². The Morgan fingerprint density at radius 3 is 2.04 bits per heavy atom. The van der Waals surface area contributed by atoms with E-state index in [2.05, 4.69) is 22.5 Å². The zero-order valence-corrected chi connectivity index (χ0v) is 32.3. The van der Waals surface area contributed by atoms with Crippen LogP contribution in [0.2, 0.25) is 0 Å². The molecule has 0 fully saturated rings. The van der Waals surface area contributed by atoms with Crippen LogP contribution in [0.5, 0.6) is 0 Å². The predicted octanol–water partition coefficient (Wildman–Crippen LogP) is 7.76. The molecule has 0 amide bonds. The highest BCUT2D eigenvalue weighted by atomic mass is 32.2. The summed E-state index contributed by atoms with van der Waals surface area (Å²) in [7, 11) is -8.86. The quantitative estimate of drug-likeness (QED) is 0.0525. The molecular formula is C39H53N2O9S2+. The van der Waals surface area contributed by atoms with Crippen LogP contribution >= 0.6 is 0 Å². The molecule has 2 aromatic rings. The van der Waals surface area contributed by atoms with Gasteiger partial charge in [0.15, 0.2) is 5.71 Å². The van der Waals surface area contributed by atoms with Gasteiger partial charge >= 0.3 is 5.97 Å². The normalized spacial score (nSPS) is 19.1. The summed E-state index contributed by atoms with van der Waals surface area (Å²) in [5.74, 6) is -0.837. The molecule has 4 rings (SSSR count). The van der Waals surface area contributed by atoms with Crippen molar-refractivity contribution in [3.63, 3.8) is 0 Å². The third kappa shape index (κ3) is 9.28. The molecule has 0 saturated heterocycles. The molecule has 0 saturated carbocycles. The predicted molar refractivity (Wildman–Crippen MR) is 202 cm³/mol. The van der Waals surface area contributed by atoms with E-state index in [-0.39, 0.29) is 16.2 Å². The zero-order valence-electron chi connectivity index (χ0n) is 30.7. The van der Waals surface area contributed by atoms with Crippen LogP contribution in [0.1, 0.15) is 116 Å². The minimum Gasteiger partial charge on any atom is -0.481 e. The average Bonchev–Trinajstić information content (AvgIpc) is 3.43. The van der Waals surface area contributed by atoms with Gasteiger partial charge in [-0.05, 0) is 95.3 Å². The Morgan fingerprint density at radius 1 is 0.827 bits per heavy atom. The number of fused-ring (bicyclic) bond motifs is 2. The van der Waals surface area contributed by atoms with E-state index in [1.165, 1.54) is 18.2 Å². The van der Waals surface area contributed by atoms with Gasteiger partial charge in [0.05, 0.1) is 15.2 Å². The summed E-state index contributed by atoms with van der Waals surface area (Å²) in [5.41, 5.74) is 3.97. The van der Waals surface area contributed by atoms with Gasteiger partial charge in [-0.1, -0.05) is 38.2 Å². The van der Waals surface area contributed by atoms with Crippen molar-refractivity contribution in [3.05, 3.63) is 71.5 Å². The highest BCUT2D eigenvalue weighted by Crippen LogP contribution is 2.51.